The Kier molecular flexibility index (Phi) is 2.62. The summed E-state index contributed by atoms with van der Waals surface area (Å²) in [5, 5.41) is 1.96. The van der Waals surface area contributed by atoms with Crippen LogP contribution in [0.2, 0.25) is 0 Å². The highest BCUT2D eigenvalue weighted by atomic mass is 16.2. The van der Waals surface area contributed by atoms with Crippen LogP contribution in [0.15, 0.2) is 24.3 Å². The monoisotopic (exact) mass is 218 g/mol. The molecule has 1 aliphatic heterocycles. The number of nitrogens with zero attached hydrogens (tertiary/aromatic N) is 1. The van der Waals surface area contributed by atoms with E-state index in [1.165, 1.54) is 5.56 Å². The number of anilines is 1. The van der Waals surface area contributed by atoms with E-state index in [1.807, 2.05) is 31.0 Å². The van der Waals surface area contributed by atoms with Crippen molar-refractivity contribution in [3.63, 3.8) is 0 Å². The van der Waals surface area contributed by atoms with E-state index in [9.17, 15) is 4.79 Å². The SMILES string of the molecule is CCc1ccccc1N1CC(C)(C)C(=O)N1. The molecule has 0 unspecified atom stereocenters. The largest absolute Gasteiger partial charge is 0.284 e. The van der Waals surface area contributed by atoms with Crippen LogP contribution < -0.4 is 10.4 Å². The standard InChI is InChI=1S/C13H18N2O/c1-4-10-7-5-6-8-11(10)15-9-13(2,3)12(16)14-15/h5-8H,4,9H2,1-3H3,(H,14,16). The molecule has 2 rings (SSSR count). The fourth-order valence-corrected chi connectivity index (χ4v) is 2.00. The molecule has 0 aliphatic carbocycles. The van der Waals surface area contributed by atoms with Crippen molar-refractivity contribution in [1.82, 2.24) is 5.43 Å². The van der Waals surface area contributed by atoms with Gasteiger partial charge in [0.1, 0.15) is 0 Å². The number of aryl methyl sites for hydroxylation is 1. The van der Waals surface area contributed by atoms with Crippen molar-refractivity contribution in [3.8, 4) is 0 Å². The summed E-state index contributed by atoms with van der Waals surface area (Å²) < 4.78 is 0. The molecule has 1 saturated heterocycles. The first kappa shape index (κ1) is 11.0. The summed E-state index contributed by atoms with van der Waals surface area (Å²) in [5.41, 5.74) is 5.00. The highest BCUT2D eigenvalue weighted by Crippen LogP contribution is 2.29. The Bertz CT molecular complexity index is 412. The van der Waals surface area contributed by atoms with E-state index in [4.69, 9.17) is 0 Å². The summed E-state index contributed by atoms with van der Waals surface area (Å²) in [7, 11) is 0. The van der Waals surface area contributed by atoms with Crippen molar-refractivity contribution < 1.29 is 4.79 Å². The molecule has 1 aromatic rings. The van der Waals surface area contributed by atoms with Crippen LogP contribution in [0.5, 0.6) is 0 Å². The van der Waals surface area contributed by atoms with Gasteiger partial charge >= 0.3 is 0 Å². The number of hydrogen-bond donors (Lipinski definition) is 1. The Morgan fingerprint density at radius 2 is 2.06 bits per heavy atom. The number of amides is 1. The number of carbonyl (C=O) groups excluding carboxylic acids is 1. The van der Waals surface area contributed by atoms with Crippen LogP contribution in [0, 0.1) is 5.41 Å². The van der Waals surface area contributed by atoms with Crippen LogP contribution in [0.3, 0.4) is 0 Å². The van der Waals surface area contributed by atoms with Crippen LogP contribution in [-0.2, 0) is 11.2 Å². The van der Waals surface area contributed by atoms with Crippen LogP contribution in [0.25, 0.3) is 0 Å². The second-order valence-corrected chi connectivity index (χ2v) is 4.89. The van der Waals surface area contributed by atoms with Crippen LogP contribution in [0.1, 0.15) is 26.3 Å². The summed E-state index contributed by atoms with van der Waals surface area (Å²) in [5.74, 6) is 0.0957. The lowest BCUT2D eigenvalue weighted by Crippen LogP contribution is -2.33. The first-order valence-corrected chi connectivity index (χ1v) is 5.71. The van der Waals surface area contributed by atoms with Gasteiger partial charge in [-0.25, -0.2) is 0 Å². The lowest BCUT2D eigenvalue weighted by atomic mass is 9.94. The molecule has 0 spiro atoms. The van der Waals surface area contributed by atoms with Crippen molar-refractivity contribution in [1.29, 1.82) is 0 Å². The lowest BCUT2D eigenvalue weighted by molar-refractivity contribution is -0.125. The van der Waals surface area contributed by atoms with E-state index in [0.717, 1.165) is 18.7 Å². The Balaban J connectivity index is 2.30. The molecule has 3 heteroatoms. The summed E-state index contributed by atoms with van der Waals surface area (Å²) in [4.78, 5) is 11.7. The highest BCUT2D eigenvalue weighted by Gasteiger charge is 2.38. The van der Waals surface area contributed by atoms with Gasteiger partial charge in [0.05, 0.1) is 17.6 Å². The van der Waals surface area contributed by atoms with E-state index >= 15 is 0 Å². The van der Waals surface area contributed by atoms with Gasteiger partial charge in [-0.05, 0) is 31.9 Å². The van der Waals surface area contributed by atoms with Gasteiger partial charge in [0, 0.05) is 0 Å². The van der Waals surface area contributed by atoms with Crippen LogP contribution in [-0.4, -0.2) is 12.5 Å². The smallest absolute Gasteiger partial charge is 0.246 e. The minimum absolute atomic E-state index is 0.0957. The molecule has 1 heterocycles. The number of carbonyl (C=O) groups is 1. The Morgan fingerprint density at radius 3 is 2.62 bits per heavy atom. The molecule has 0 atom stereocenters. The average molecular weight is 218 g/mol. The normalized spacial score (nSPS) is 18.7. The van der Waals surface area contributed by atoms with Crippen LogP contribution in [0.4, 0.5) is 5.69 Å². The summed E-state index contributed by atoms with van der Waals surface area (Å²) in [6.07, 6.45) is 0.975. The fraction of sp³-hybridized carbons (Fsp3) is 0.462. The van der Waals surface area contributed by atoms with Gasteiger partial charge in [-0.15, -0.1) is 0 Å². The van der Waals surface area contributed by atoms with Gasteiger partial charge in [-0.2, -0.15) is 0 Å². The van der Waals surface area contributed by atoms with Crippen molar-refractivity contribution >= 4 is 11.6 Å². The Labute approximate surface area is 96.4 Å². The number of benzene rings is 1. The molecule has 1 N–H and O–H groups in total. The third-order valence-electron chi connectivity index (χ3n) is 3.07. The second kappa shape index (κ2) is 3.81. The zero-order valence-electron chi connectivity index (χ0n) is 10.1. The summed E-state index contributed by atoms with van der Waals surface area (Å²) >= 11 is 0. The zero-order chi connectivity index (χ0) is 11.8. The number of rotatable bonds is 2. The van der Waals surface area contributed by atoms with E-state index in [0.29, 0.717) is 0 Å². The molecule has 1 aromatic carbocycles. The number of nitrogens with one attached hydrogen (secondary N) is 1. The molecular formula is C13H18N2O. The third-order valence-corrected chi connectivity index (χ3v) is 3.07. The summed E-state index contributed by atoms with van der Waals surface area (Å²) in [6, 6.07) is 8.20. The van der Waals surface area contributed by atoms with E-state index in [2.05, 4.69) is 24.5 Å². The average Bonchev–Trinajstić information content (AvgIpc) is 2.53. The van der Waals surface area contributed by atoms with Crippen molar-refractivity contribution in [3.05, 3.63) is 29.8 Å². The first-order chi connectivity index (χ1) is 7.54. The Morgan fingerprint density at radius 1 is 1.38 bits per heavy atom. The molecule has 16 heavy (non-hydrogen) atoms. The molecule has 0 saturated carbocycles. The fourth-order valence-electron chi connectivity index (χ4n) is 2.00. The molecule has 86 valence electrons. The molecule has 3 nitrogen and oxygen atoms in total. The predicted molar refractivity (Wildman–Crippen MR) is 65.1 cm³/mol. The van der Waals surface area contributed by atoms with Gasteiger partial charge in [0.2, 0.25) is 5.91 Å². The van der Waals surface area contributed by atoms with Crippen molar-refractivity contribution in [2.24, 2.45) is 5.41 Å². The molecule has 0 aromatic heterocycles. The van der Waals surface area contributed by atoms with Gasteiger partial charge in [-0.1, -0.05) is 25.1 Å². The first-order valence-electron chi connectivity index (χ1n) is 5.71. The maximum absolute atomic E-state index is 11.7. The van der Waals surface area contributed by atoms with Crippen molar-refractivity contribution in [2.75, 3.05) is 11.6 Å². The number of hydrazine groups is 1. The van der Waals surface area contributed by atoms with Gasteiger partial charge < -0.3 is 0 Å². The van der Waals surface area contributed by atoms with Gasteiger partial charge in [-0.3, -0.25) is 15.2 Å². The molecule has 0 bridgehead atoms. The second-order valence-electron chi connectivity index (χ2n) is 4.89. The zero-order valence-corrected chi connectivity index (χ0v) is 10.1. The predicted octanol–water partition coefficient (Wildman–Crippen LogP) is 2.13. The minimum Gasteiger partial charge on any atom is -0.284 e. The lowest BCUT2D eigenvalue weighted by Gasteiger charge is -2.21. The topological polar surface area (TPSA) is 32.3 Å². The molecule has 0 radical (unpaired) electrons. The minimum atomic E-state index is -0.305. The van der Waals surface area contributed by atoms with Gasteiger partial charge in [0.15, 0.2) is 0 Å². The summed E-state index contributed by atoms with van der Waals surface area (Å²) in [6.45, 7) is 6.79. The highest BCUT2D eigenvalue weighted by molar-refractivity contribution is 5.87. The molecular weight excluding hydrogens is 200 g/mol. The molecule has 1 amide bonds. The van der Waals surface area contributed by atoms with Crippen LogP contribution >= 0.6 is 0 Å². The Hall–Kier alpha value is -1.51. The molecule has 1 aliphatic rings. The number of hydrogen-bond acceptors (Lipinski definition) is 2. The van der Waals surface area contributed by atoms with E-state index in [1.54, 1.807) is 0 Å². The molecule has 1 fully saturated rings. The number of para-hydroxylation sites is 1. The quantitative estimate of drug-likeness (QED) is 0.824. The van der Waals surface area contributed by atoms with E-state index < -0.39 is 0 Å². The van der Waals surface area contributed by atoms with Crippen molar-refractivity contribution in [2.45, 2.75) is 27.2 Å². The van der Waals surface area contributed by atoms with Gasteiger partial charge in [0.25, 0.3) is 0 Å². The maximum atomic E-state index is 11.7. The maximum Gasteiger partial charge on any atom is 0.246 e. The van der Waals surface area contributed by atoms with E-state index in [-0.39, 0.29) is 11.3 Å². The third kappa shape index (κ3) is 1.77.